The maximum Gasteiger partial charge on any atom is 0.251 e. The highest BCUT2D eigenvalue weighted by atomic mass is 16.5. The van der Waals surface area contributed by atoms with Crippen molar-refractivity contribution in [1.29, 1.82) is 0 Å². The molecular formula is C23H25N3O4. The first-order valence-electron chi connectivity index (χ1n) is 9.81. The van der Waals surface area contributed by atoms with Crippen LogP contribution in [0.15, 0.2) is 71.3 Å². The van der Waals surface area contributed by atoms with E-state index in [9.17, 15) is 9.59 Å². The van der Waals surface area contributed by atoms with E-state index in [0.29, 0.717) is 30.2 Å². The Labute approximate surface area is 175 Å². The van der Waals surface area contributed by atoms with Crippen LogP contribution in [0.4, 0.5) is 11.4 Å². The SMILES string of the molecule is CCCOc1cccc(NCC(=O)Nc2ccc(C(=O)NCc3ccco3)cc2)c1. The summed E-state index contributed by atoms with van der Waals surface area (Å²) in [4.78, 5) is 24.4. The highest BCUT2D eigenvalue weighted by Gasteiger charge is 2.08. The summed E-state index contributed by atoms with van der Waals surface area (Å²) in [5.74, 6) is 1.05. The van der Waals surface area contributed by atoms with Crippen molar-refractivity contribution >= 4 is 23.2 Å². The van der Waals surface area contributed by atoms with Crippen LogP contribution in [0.2, 0.25) is 0 Å². The minimum Gasteiger partial charge on any atom is -0.494 e. The van der Waals surface area contributed by atoms with Crippen LogP contribution >= 0.6 is 0 Å². The molecule has 7 heteroatoms. The summed E-state index contributed by atoms with van der Waals surface area (Å²) in [5.41, 5.74) is 1.92. The number of benzene rings is 2. The van der Waals surface area contributed by atoms with Crippen LogP contribution in [0, 0.1) is 0 Å². The zero-order valence-electron chi connectivity index (χ0n) is 16.8. The second-order valence-electron chi connectivity index (χ2n) is 6.62. The molecule has 0 bridgehead atoms. The van der Waals surface area contributed by atoms with E-state index in [1.54, 1.807) is 42.7 Å². The van der Waals surface area contributed by atoms with Gasteiger partial charge in [0.2, 0.25) is 5.91 Å². The predicted octanol–water partition coefficient (Wildman–Crippen LogP) is 4.05. The van der Waals surface area contributed by atoms with Gasteiger partial charge in [0.1, 0.15) is 11.5 Å². The second-order valence-corrected chi connectivity index (χ2v) is 6.62. The molecule has 0 saturated heterocycles. The lowest BCUT2D eigenvalue weighted by Crippen LogP contribution is -2.23. The number of furan rings is 1. The molecule has 2 aromatic carbocycles. The molecule has 0 radical (unpaired) electrons. The topological polar surface area (TPSA) is 92.6 Å². The predicted molar refractivity (Wildman–Crippen MR) is 116 cm³/mol. The molecule has 0 aliphatic heterocycles. The molecule has 30 heavy (non-hydrogen) atoms. The molecule has 0 saturated carbocycles. The maximum atomic E-state index is 12.2. The average Bonchev–Trinajstić information content (AvgIpc) is 3.29. The third kappa shape index (κ3) is 6.41. The highest BCUT2D eigenvalue weighted by molar-refractivity contribution is 5.96. The number of anilines is 2. The number of hydrogen-bond acceptors (Lipinski definition) is 5. The molecule has 0 unspecified atom stereocenters. The van der Waals surface area contributed by atoms with Gasteiger partial charge in [-0.1, -0.05) is 13.0 Å². The zero-order valence-corrected chi connectivity index (χ0v) is 16.8. The van der Waals surface area contributed by atoms with Gasteiger partial charge in [-0.15, -0.1) is 0 Å². The fourth-order valence-corrected chi connectivity index (χ4v) is 2.69. The normalized spacial score (nSPS) is 10.3. The van der Waals surface area contributed by atoms with Crippen molar-refractivity contribution in [3.8, 4) is 5.75 Å². The Hall–Kier alpha value is -3.74. The van der Waals surface area contributed by atoms with E-state index in [2.05, 4.69) is 16.0 Å². The van der Waals surface area contributed by atoms with Gasteiger partial charge in [0.15, 0.2) is 0 Å². The molecule has 3 N–H and O–H groups in total. The number of nitrogens with one attached hydrogen (secondary N) is 3. The molecule has 0 aliphatic carbocycles. The van der Waals surface area contributed by atoms with E-state index < -0.39 is 0 Å². The monoisotopic (exact) mass is 407 g/mol. The summed E-state index contributed by atoms with van der Waals surface area (Å²) in [6.07, 6.45) is 2.50. The highest BCUT2D eigenvalue weighted by Crippen LogP contribution is 2.17. The molecule has 1 aromatic heterocycles. The van der Waals surface area contributed by atoms with Crippen molar-refractivity contribution in [2.24, 2.45) is 0 Å². The molecule has 7 nitrogen and oxygen atoms in total. The molecule has 0 fully saturated rings. The molecular weight excluding hydrogens is 382 g/mol. The Morgan fingerprint density at radius 2 is 1.83 bits per heavy atom. The minimum atomic E-state index is -0.212. The largest absolute Gasteiger partial charge is 0.494 e. The lowest BCUT2D eigenvalue weighted by Gasteiger charge is -2.10. The minimum absolute atomic E-state index is 0.114. The smallest absolute Gasteiger partial charge is 0.251 e. The summed E-state index contributed by atoms with van der Waals surface area (Å²) in [6, 6.07) is 17.8. The number of carbonyl (C=O) groups is 2. The Kier molecular flexibility index (Phi) is 7.49. The first-order valence-corrected chi connectivity index (χ1v) is 9.81. The van der Waals surface area contributed by atoms with Gasteiger partial charge in [-0.3, -0.25) is 9.59 Å². The van der Waals surface area contributed by atoms with Crippen LogP contribution in [0.3, 0.4) is 0 Å². The fraction of sp³-hybridized carbons (Fsp3) is 0.217. The number of amides is 2. The Morgan fingerprint density at radius 1 is 1.00 bits per heavy atom. The van der Waals surface area contributed by atoms with Gasteiger partial charge in [0, 0.05) is 23.0 Å². The van der Waals surface area contributed by atoms with Gasteiger partial charge in [-0.05, 0) is 55.0 Å². The van der Waals surface area contributed by atoms with Gasteiger partial charge < -0.3 is 25.1 Å². The van der Waals surface area contributed by atoms with Gasteiger partial charge in [0.25, 0.3) is 5.91 Å². The summed E-state index contributed by atoms with van der Waals surface area (Å²) in [6.45, 7) is 3.14. The van der Waals surface area contributed by atoms with Gasteiger partial charge >= 0.3 is 0 Å². The van der Waals surface area contributed by atoms with E-state index >= 15 is 0 Å². The molecule has 0 atom stereocenters. The van der Waals surface area contributed by atoms with E-state index in [1.165, 1.54) is 0 Å². The summed E-state index contributed by atoms with van der Waals surface area (Å²) >= 11 is 0. The Balaban J connectivity index is 1.45. The molecule has 3 aromatic rings. The van der Waals surface area contributed by atoms with Crippen LogP contribution in [0.25, 0.3) is 0 Å². The summed E-state index contributed by atoms with van der Waals surface area (Å²) in [5, 5.41) is 8.66. The van der Waals surface area contributed by atoms with Crippen LogP contribution in [-0.2, 0) is 11.3 Å². The Bertz CT molecular complexity index is 953. The van der Waals surface area contributed by atoms with Crippen molar-refractivity contribution in [3.05, 3.63) is 78.3 Å². The van der Waals surface area contributed by atoms with E-state index in [4.69, 9.17) is 9.15 Å². The van der Waals surface area contributed by atoms with Crippen molar-refractivity contribution < 1.29 is 18.7 Å². The van der Waals surface area contributed by atoms with Crippen molar-refractivity contribution in [3.63, 3.8) is 0 Å². The maximum absolute atomic E-state index is 12.2. The lowest BCUT2D eigenvalue weighted by molar-refractivity contribution is -0.114. The standard InChI is InChI=1S/C23H25N3O4/c1-2-12-29-20-6-3-5-19(14-20)24-16-22(27)26-18-10-8-17(9-11-18)23(28)25-15-21-7-4-13-30-21/h3-11,13-14,24H,2,12,15-16H2,1H3,(H,25,28)(H,26,27). The molecule has 3 rings (SSSR count). The van der Waals surface area contributed by atoms with Crippen LogP contribution < -0.4 is 20.7 Å². The number of hydrogen-bond donors (Lipinski definition) is 3. The van der Waals surface area contributed by atoms with Crippen molar-refractivity contribution in [2.75, 3.05) is 23.8 Å². The van der Waals surface area contributed by atoms with E-state index in [1.807, 2.05) is 31.2 Å². The third-order valence-corrected chi connectivity index (χ3v) is 4.19. The fourth-order valence-electron chi connectivity index (χ4n) is 2.69. The van der Waals surface area contributed by atoms with Crippen LogP contribution in [0.5, 0.6) is 5.75 Å². The molecule has 2 amide bonds. The molecule has 0 aliphatic rings. The quantitative estimate of drug-likeness (QED) is 0.472. The molecule has 156 valence electrons. The van der Waals surface area contributed by atoms with Crippen molar-refractivity contribution in [2.45, 2.75) is 19.9 Å². The Morgan fingerprint density at radius 3 is 2.57 bits per heavy atom. The summed E-state index contributed by atoms with van der Waals surface area (Å²) < 4.78 is 10.8. The number of ether oxygens (including phenoxy) is 1. The second kappa shape index (κ2) is 10.7. The summed E-state index contributed by atoms with van der Waals surface area (Å²) in [7, 11) is 0. The van der Waals surface area contributed by atoms with Gasteiger partial charge in [-0.25, -0.2) is 0 Å². The molecule has 1 heterocycles. The first-order chi connectivity index (χ1) is 14.6. The van der Waals surface area contributed by atoms with Gasteiger partial charge in [0.05, 0.1) is 26.0 Å². The first kappa shape index (κ1) is 21.0. The third-order valence-electron chi connectivity index (χ3n) is 4.19. The average molecular weight is 407 g/mol. The van der Waals surface area contributed by atoms with E-state index in [-0.39, 0.29) is 18.4 Å². The van der Waals surface area contributed by atoms with Crippen molar-refractivity contribution in [1.82, 2.24) is 5.32 Å². The lowest BCUT2D eigenvalue weighted by atomic mass is 10.2. The number of rotatable bonds is 10. The number of carbonyl (C=O) groups excluding carboxylic acids is 2. The molecule has 0 spiro atoms. The van der Waals surface area contributed by atoms with Gasteiger partial charge in [-0.2, -0.15) is 0 Å². The zero-order chi connectivity index (χ0) is 21.2. The van der Waals surface area contributed by atoms with Crippen LogP contribution in [0.1, 0.15) is 29.5 Å². The van der Waals surface area contributed by atoms with E-state index in [0.717, 1.165) is 17.9 Å². The van der Waals surface area contributed by atoms with Crippen LogP contribution in [-0.4, -0.2) is 25.0 Å².